The van der Waals surface area contributed by atoms with Crippen molar-refractivity contribution in [2.24, 2.45) is 5.92 Å². The molecule has 1 saturated heterocycles. The van der Waals surface area contributed by atoms with E-state index in [0.717, 1.165) is 32.5 Å². The quantitative estimate of drug-likeness (QED) is 0.593. The van der Waals surface area contributed by atoms with Crippen molar-refractivity contribution in [2.75, 3.05) is 19.6 Å². The van der Waals surface area contributed by atoms with Gasteiger partial charge in [0, 0.05) is 6.54 Å². The molecule has 13 heavy (non-hydrogen) atoms. The van der Waals surface area contributed by atoms with Gasteiger partial charge in [0.1, 0.15) is 0 Å². The van der Waals surface area contributed by atoms with Crippen LogP contribution in [0.4, 0.5) is 0 Å². The number of amides is 1. The van der Waals surface area contributed by atoms with Gasteiger partial charge in [0.15, 0.2) is 0 Å². The van der Waals surface area contributed by atoms with Crippen LogP contribution in [0, 0.1) is 17.8 Å². The van der Waals surface area contributed by atoms with Crippen LogP contribution in [0.25, 0.3) is 0 Å². The predicted octanol–water partition coefficient (Wildman–Crippen LogP) is 0.125. The summed E-state index contributed by atoms with van der Waals surface area (Å²) in [5, 5.41) is 6.10. The zero-order chi connectivity index (χ0) is 9.52. The van der Waals surface area contributed by atoms with Crippen molar-refractivity contribution in [1.29, 1.82) is 0 Å². The fourth-order valence-corrected chi connectivity index (χ4v) is 1.48. The van der Waals surface area contributed by atoms with Gasteiger partial charge >= 0.3 is 0 Å². The van der Waals surface area contributed by atoms with E-state index in [1.54, 1.807) is 6.92 Å². The normalized spacial score (nSPS) is 17.3. The second-order valence-corrected chi connectivity index (χ2v) is 3.28. The molecule has 1 aliphatic heterocycles. The van der Waals surface area contributed by atoms with Gasteiger partial charge in [-0.1, -0.05) is 5.92 Å². The molecule has 0 saturated carbocycles. The highest BCUT2D eigenvalue weighted by atomic mass is 16.1. The zero-order valence-electron chi connectivity index (χ0n) is 8.02. The van der Waals surface area contributed by atoms with Crippen molar-refractivity contribution in [3.05, 3.63) is 0 Å². The van der Waals surface area contributed by atoms with E-state index >= 15 is 0 Å². The number of nitrogens with one attached hydrogen (secondary N) is 2. The first-order valence-electron chi connectivity index (χ1n) is 4.74. The van der Waals surface area contributed by atoms with Crippen LogP contribution in [0.15, 0.2) is 0 Å². The van der Waals surface area contributed by atoms with E-state index in [2.05, 4.69) is 22.5 Å². The van der Waals surface area contributed by atoms with E-state index in [0.29, 0.717) is 5.92 Å². The van der Waals surface area contributed by atoms with Gasteiger partial charge in [-0.3, -0.25) is 4.79 Å². The van der Waals surface area contributed by atoms with Gasteiger partial charge in [0.2, 0.25) is 0 Å². The molecule has 1 fully saturated rings. The minimum Gasteiger partial charge on any atom is -0.345 e. The van der Waals surface area contributed by atoms with Crippen LogP contribution in [0.5, 0.6) is 0 Å². The van der Waals surface area contributed by atoms with Crippen LogP contribution in [-0.4, -0.2) is 25.5 Å². The second kappa shape index (κ2) is 5.60. The highest BCUT2D eigenvalue weighted by Gasteiger charge is 2.12. The Morgan fingerprint density at radius 1 is 1.54 bits per heavy atom. The molecule has 1 aliphatic rings. The van der Waals surface area contributed by atoms with Crippen molar-refractivity contribution in [3.8, 4) is 11.8 Å². The van der Waals surface area contributed by atoms with E-state index in [1.165, 1.54) is 0 Å². The maximum atomic E-state index is 11.0. The number of piperidine rings is 1. The Kier molecular flexibility index (Phi) is 4.34. The van der Waals surface area contributed by atoms with Crippen molar-refractivity contribution in [2.45, 2.75) is 19.8 Å². The molecule has 0 unspecified atom stereocenters. The van der Waals surface area contributed by atoms with Crippen molar-refractivity contribution in [3.63, 3.8) is 0 Å². The molecular formula is C10H16N2O. The van der Waals surface area contributed by atoms with Crippen LogP contribution in [0.3, 0.4) is 0 Å². The maximum Gasteiger partial charge on any atom is 0.295 e. The molecule has 2 N–H and O–H groups in total. The lowest BCUT2D eigenvalue weighted by Crippen LogP contribution is -2.35. The molecule has 0 atom stereocenters. The zero-order valence-corrected chi connectivity index (χ0v) is 8.02. The molecule has 1 rings (SSSR count). The molecule has 0 bridgehead atoms. The third kappa shape index (κ3) is 3.95. The average Bonchev–Trinajstić information content (AvgIpc) is 2.17. The smallest absolute Gasteiger partial charge is 0.295 e. The van der Waals surface area contributed by atoms with E-state index in [4.69, 9.17) is 0 Å². The number of carbonyl (C=O) groups is 1. The Labute approximate surface area is 79.3 Å². The minimum atomic E-state index is -0.152. The highest BCUT2D eigenvalue weighted by Crippen LogP contribution is 2.09. The Morgan fingerprint density at radius 3 is 2.85 bits per heavy atom. The van der Waals surface area contributed by atoms with Crippen LogP contribution in [0.2, 0.25) is 0 Å². The van der Waals surface area contributed by atoms with Gasteiger partial charge in [-0.05, 0) is 44.7 Å². The van der Waals surface area contributed by atoms with Crippen LogP contribution in [0.1, 0.15) is 19.8 Å². The van der Waals surface area contributed by atoms with Crippen molar-refractivity contribution < 1.29 is 4.79 Å². The number of rotatable bonds is 2. The molecule has 0 spiro atoms. The third-order valence-corrected chi connectivity index (χ3v) is 2.25. The van der Waals surface area contributed by atoms with E-state index < -0.39 is 0 Å². The van der Waals surface area contributed by atoms with E-state index in [1.807, 2.05) is 0 Å². The predicted molar refractivity (Wildman–Crippen MR) is 52.1 cm³/mol. The molecule has 0 aromatic rings. The summed E-state index contributed by atoms with van der Waals surface area (Å²) in [5.41, 5.74) is 0. The molecule has 3 heteroatoms. The van der Waals surface area contributed by atoms with Crippen molar-refractivity contribution in [1.82, 2.24) is 10.6 Å². The van der Waals surface area contributed by atoms with Crippen LogP contribution >= 0.6 is 0 Å². The summed E-state index contributed by atoms with van der Waals surface area (Å²) < 4.78 is 0. The fourth-order valence-electron chi connectivity index (χ4n) is 1.48. The van der Waals surface area contributed by atoms with E-state index in [9.17, 15) is 4.79 Å². The topological polar surface area (TPSA) is 41.1 Å². The van der Waals surface area contributed by atoms with Gasteiger partial charge in [-0.15, -0.1) is 0 Å². The number of hydrogen-bond donors (Lipinski definition) is 2. The highest BCUT2D eigenvalue weighted by molar-refractivity contribution is 5.93. The molecule has 0 aliphatic carbocycles. The standard InChI is InChI=1S/C10H16N2O/c1-2-3-10(13)12-8-9-4-6-11-7-5-9/h9,11H,4-8H2,1H3,(H,12,13). The molecular weight excluding hydrogens is 164 g/mol. The lowest BCUT2D eigenvalue weighted by atomic mass is 9.98. The summed E-state index contributed by atoms with van der Waals surface area (Å²) in [5.74, 6) is 5.53. The van der Waals surface area contributed by atoms with Crippen molar-refractivity contribution >= 4 is 5.91 Å². The lowest BCUT2D eigenvalue weighted by Gasteiger charge is -2.22. The van der Waals surface area contributed by atoms with Crippen LogP contribution < -0.4 is 10.6 Å². The SMILES string of the molecule is CC#CC(=O)NCC1CCNCC1. The molecule has 1 amide bonds. The first-order chi connectivity index (χ1) is 6.33. The van der Waals surface area contributed by atoms with Gasteiger partial charge in [-0.2, -0.15) is 0 Å². The monoisotopic (exact) mass is 180 g/mol. The molecule has 0 aromatic carbocycles. The van der Waals surface area contributed by atoms with Crippen LogP contribution in [-0.2, 0) is 4.79 Å². The Morgan fingerprint density at radius 2 is 2.23 bits per heavy atom. The summed E-state index contributed by atoms with van der Waals surface area (Å²) in [4.78, 5) is 11.0. The molecule has 0 radical (unpaired) electrons. The van der Waals surface area contributed by atoms with Gasteiger partial charge < -0.3 is 10.6 Å². The first kappa shape index (κ1) is 10.1. The Hall–Kier alpha value is -1.01. The number of carbonyl (C=O) groups excluding carboxylic acids is 1. The Balaban J connectivity index is 2.16. The molecule has 3 nitrogen and oxygen atoms in total. The minimum absolute atomic E-state index is 0.152. The third-order valence-electron chi connectivity index (χ3n) is 2.25. The van der Waals surface area contributed by atoms with E-state index in [-0.39, 0.29) is 5.91 Å². The fraction of sp³-hybridized carbons (Fsp3) is 0.700. The van der Waals surface area contributed by atoms with Gasteiger partial charge in [0.05, 0.1) is 0 Å². The summed E-state index contributed by atoms with van der Waals surface area (Å²) in [6.07, 6.45) is 2.31. The van der Waals surface area contributed by atoms with Gasteiger partial charge in [-0.25, -0.2) is 0 Å². The number of hydrogen-bond acceptors (Lipinski definition) is 2. The maximum absolute atomic E-state index is 11.0. The first-order valence-corrected chi connectivity index (χ1v) is 4.74. The summed E-state index contributed by atoms with van der Waals surface area (Å²) in [6.45, 7) is 4.58. The average molecular weight is 180 g/mol. The van der Waals surface area contributed by atoms with Gasteiger partial charge in [0.25, 0.3) is 5.91 Å². The molecule has 0 aromatic heterocycles. The summed E-state index contributed by atoms with van der Waals surface area (Å²) >= 11 is 0. The molecule has 72 valence electrons. The Bertz CT molecular complexity index is 221. The second-order valence-electron chi connectivity index (χ2n) is 3.28. The molecule has 1 heterocycles. The lowest BCUT2D eigenvalue weighted by molar-refractivity contribution is -0.115. The largest absolute Gasteiger partial charge is 0.345 e. The summed E-state index contributed by atoms with van der Waals surface area (Å²) in [6, 6.07) is 0. The summed E-state index contributed by atoms with van der Waals surface area (Å²) in [7, 11) is 0.